The number of nitrogens with two attached hydrogens (primary N) is 1. The molecule has 2 atom stereocenters. The van der Waals surface area contributed by atoms with Crippen LogP contribution in [0.25, 0.3) is 5.65 Å². The third kappa shape index (κ3) is 8.19. The Kier molecular flexibility index (Phi) is 9.21. The van der Waals surface area contributed by atoms with Crippen LogP contribution >= 0.6 is 0 Å². The second-order valence-corrected chi connectivity index (χ2v) is 11.6. The molecule has 9 nitrogen and oxygen atoms in total. The molecule has 0 aromatic carbocycles. The summed E-state index contributed by atoms with van der Waals surface area (Å²) in [7, 11) is 0. The molecule has 3 aromatic rings. The van der Waals surface area contributed by atoms with Crippen LogP contribution in [0, 0.1) is 11.8 Å². The van der Waals surface area contributed by atoms with Gasteiger partial charge in [-0.2, -0.15) is 18.3 Å². The maximum absolute atomic E-state index is 14.1. The number of halogens is 7. The normalized spacial score (nSPS) is 18.6. The van der Waals surface area contributed by atoms with Crippen LogP contribution < -0.4 is 15.8 Å². The number of nitrogens with one attached hydrogen (secondary N) is 1. The lowest BCUT2D eigenvalue weighted by atomic mass is 9.75. The summed E-state index contributed by atoms with van der Waals surface area (Å²) in [6.45, 7) is -0.939. The van der Waals surface area contributed by atoms with Gasteiger partial charge in [-0.15, -0.1) is 0 Å². The lowest BCUT2D eigenvalue weighted by Crippen LogP contribution is -2.30. The molecule has 2 aliphatic carbocycles. The molecule has 3 N–H and O–H groups in total. The lowest BCUT2D eigenvalue weighted by molar-refractivity contribution is -0.144. The van der Waals surface area contributed by atoms with Crippen molar-refractivity contribution in [2.75, 3.05) is 6.61 Å². The number of pyridine rings is 1. The summed E-state index contributed by atoms with van der Waals surface area (Å²) >= 11 is 0. The highest BCUT2D eigenvalue weighted by molar-refractivity contribution is 5.94. The second-order valence-electron chi connectivity index (χ2n) is 11.6. The zero-order chi connectivity index (χ0) is 32.5. The predicted molar refractivity (Wildman–Crippen MR) is 145 cm³/mol. The van der Waals surface area contributed by atoms with E-state index in [2.05, 4.69) is 20.4 Å². The van der Waals surface area contributed by atoms with Crippen LogP contribution in [0.4, 0.5) is 30.7 Å². The molecule has 0 spiro atoms. The number of nitrogens with zero attached hydrogens (tertiary/aromatic N) is 4. The minimum absolute atomic E-state index is 0.0169. The SMILES string of the molecule is NC(=O)c1cc(OCC(F)F)cnc1[C@@H](c1cn2ncc([C@H](NC(=O)CCC(F)(F)F)C3CC3)cc2n1)C1CCC(F)(F)CC1. The van der Waals surface area contributed by atoms with E-state index in [9.17, 15) is 40.3 Å². The molecule has 2 fully saturated rings. The van der Waals surface area contributed by atoms with Crippen LogP contribution in [0.1, 0.15) is 90.6 Å². The van der Waals surface area contributed by atoms with Crippen LogP contribution in [-0.4, -0.2) is 56.5 Å². The van der Waals surface area contributed by atoms with Crippen molar-refractivity contribution in [3.63, 3.8) is 0 Å². The van der Waals surface area contributed by atoms with Gasteiger partial charge < -0.3 is 15.8 Å². The Hall–Kier alpha value is -3.98. The molecule has 0 unspecified atom stereocenters. The maximum Gasteiger partial charge on any atom is 0.389 e. The number of fused-ring (bicyclic) bond motifs is 1. The van der Waals surface area contributed by atoms with E-state index in [0.29, 0.717) is 16.9 Å². The van der Waals surface area contributed by atoms with Gasteiger partial charge in [0.2, 0.25) is 11.8 Å². The number of imidazole rings is 1. The van der Waals surface area contributed by atoms with Crippen LogP contribution in [0.5, 0.6) is 5.75 Å². The molecule has 3 heterocycles. The molecule has 2 amide bonds. The van der Waals surface area contributed by atoms with Crippen LogP contribution in [-0.2, 0) is 4.79 Å². The fourth-order valence-electron chi connectivity index (χ4n) is 5.77. The van der Waals surface area contributed by atoms with Crippen LogP contribution in [0.15, 0.2) is 30.7 Å². The maximum atomic E-state index is 14.1. The van der Waals surface area contributed by atoms with Crippen molar-refractivity contribution in [2.45, 2.75) is 81.9 Å². The first kappa shape index (κ1) is 32.4. The number of alkyl halides is 7. The number of hydrogen-bond acceptors (Lipinski definition) is 6. The molecule has 5 rings (SSSR count). The fraction of sp³-hybridized carbons (Fsp3) is 0.552. The van der Waals surface area contributed by atoms with Gasteiger partial charge in [0, 0.05) is 25.2 Å². The smallest absolute Gasteiger partial charge is 0.389 e. The summed E-state index contributed by atoms with van der Waals surface area (Å²) in [4.78, 5) is 33.8. The van der Waals surface area contributed by atoms with Gasteiger partial charge in [-0.05, 0) is 55.2 Å². The third-order valence-corrected chi connectivity index (χ3v) is 8.15. The largest absolute Gasteiger partial charge is 0.486 e. The van der Waals surface area contributed by atoms with Crippen LogP contribution in [0.3, 0.4) is 0 Å². The number of ether oxygens (including phenoxy) is 1. The van der Waals surface area contributed by atoms with Crippen molar-refractivity contribution in [2.24, 2.45) is 17.6 Å². The van der Waals surface area contributed by atoms with Crippen molar-refractivity contribution in [1.29, 1.82) is 0 Å². The van der Waals surface area contributed by atoms with Crippen molar-refractivity contribution in [1.82, 2.24) is 24.9 Å². The topological polar surface area (TPSA) is 125 Å². The molecule has 0 bridgehead atoms. The summed E-state index contributed by atoms with van der Waals surface area (Å²) in [5.74, 6) is -5.88. The predicted octanol–water partition coefficient (Wildman–Crippen LogP) is 5.73. The van der Waals surface area contributed by atoms with Crippen molar-refractivity contribution in [3.8, 4) is 5.75 Å². The molecule has 0 aliphatic heterocycles. The van der Waals surface area contributed by atoms with Gasteiger partial charge >= 0.3 is 6.18 Å². The van der Waals surface area contributed by atoms with E-state index in [1.807, 2.05) is 0 Å². The third-order valence-electron chi connectivity index (χ3n) is 8.15. The summed E-state index contributed by atoms with van der Waals surface area (Å²) in [6.07, 6.45) is -4.14. The zero-order valence-electron chi connectivity index (χ0n) is 23.9. The first-order valence-electron chi connectivity index (χ1n) is 14.5. The summed E-state index contributed by atoms with van der Waals surface area (Å²) in [6, 6.07) is 2.24. The highest BCUT2D eigenvalue weighted by Gasteiger charge is 2.41. The minimum atomic E-state index is -4.47. The summed E-state index contributed by atoms with van der Waals surface area (Å²) in [5.41, 5.74) is 6.81. The number of hydrogen-bond donors (Lipinski definition) is 2. The summed E-state index contributed by atoms with van der Waals surface area (Å²) < 4.78 is 98.0. The van der Waals surface area contributed by atoms with Gasteiger partial charge in [-0.1, -0.05) is 0 Å². The number of aromatic nitrogens is 4. The Balaban J connectivity index is 1.49. The Morgan fingerprint density at radius 3 is 2.42 bits per heavy atom. The average Bonchev–Trinajstić information content (AvgIpc) is 3.72. The number of amides is 2. The van der Waals surface area contributed by atoms with Gasteiger partial charge in [0.05, 0.1) is 48.0 Å². The number of rotatable bonds is 12. The van der Waals surface area contributed by atoms with Crippen LogP contribution in [0.2, 0.25) is 0 Å². The van der Waals surface area contributed by atoms with E-state index < -0.39 is 80.5 Å². The quantitative estimate of drug-likeness (QED) is 0.243. The van der Waals surface area contributed by atoms with E-state index in [0.717, 1.165) is 19.0 Å². The van der Waals surface area contributed by atoms with E-state index in [1.165, 1.54) is 16.8 Å². The molecule has 16 heteroatoms. The van der Waals surface area contributed by atoms with Gasteiger partial charge in [-0.25, -0.2) is 27.1 Å². The first-order chi connectivity index (χ1) is 21.2. The summed E-state index contributed by atoms with van der Waals surface area (Å²) in [5, 5.41) is 7.06. The molecule has 0 saturated heterocycles. The van der Waals surface area contributed by atoms with Crippen molar-refractivity contribution < 1.29 is 45.1 Å². The molecular formula is C29H31F7N6O3. The average molecular weight is 645 g/mol. The Morgan fingerprint density at radius 2 is 1.80 bits per heavy atom. The minimum Gasteiger partial charge on any atom is -0.486 e. The highest BCUT2D eigenvalue weighted by atomic mass is 19.4. The van der Waals surface area contributed by atoms with E-state index in [-0.39, 0.29) is 35.8 Å². The van der Waals surface area contributed by atoms with E-state index in [1.54, 1.807) is 12.3 Å². The second kappa shape index (κ2) is 12.8. The number of primary amides is 1. The van der Waals surface area contributed by atoms with Gasteiger partial charge in [0.15, 0.2) is 5.65 Å². The molecule has 45 heavy (non-hydrogen) atoms. The highest BCUT2D eigenvalue weighted by Crippen LogP contribution is 2.46. The monoisotopic (exact) mass is 644 g/mol. The van der Waals surface area contributed by atoms with E-state index >= 15 is 0 Å². The Labute approximate surface area is 252 Å². The number of carbonyl (C=O) groups is 2. The first-order valence-corrected chi connectivity index (χ1v) is 14.5. The lowest BCUT2D eigenvalue weighted by Gasteiger charge is -2.33. The Bertz CT molecular complexity index is 1530. The molecular weight excluding hydrogens is 613 g/mol. The van der Waals surface area contributed by atoms with Crippen molar-refractivity contribution in [3.05, 3.63) is 53.2 Å². The zero-order valence-corrected chi connectivity index (χ0v) is 23.9. The standard InChI is InChI=1S/C29H31F7N6O3/c30-21(31)14-45-18-10-19(27(37)44)26(38-12-18)24(15-3-6-28(32,33)7-4-15)20-13-42-22(40-20)9-17(11-39-42)25(16-1-2-16)41-23(43)5-8-29(34,35)36/h9-13,15-16,21,24-25H,1-8,14H2,(H2,37,44)(H,41,43)/t24-,25-/m1/s1. The molecule has 2 saturated carbocycles. The molecule has 0 radical (unpaired) electrons. The number of carbonyl (C=O) groups excluding carboxylic acids is 2. The molecule has 2 aliphatic rings. The van der Waals surface area contributed by atoms with Gasteiger partial charge in [0.25, 0.3) is 12.3 Å². The van der Waals surface area contributed by atoms with Gasteiger partial charge in [-0.3, -0.25) is 14.6 Å². The molecule has 244 valence electrons. The van der Waals surface area contributed by atoms with Crippen molar-refractivity contribution >= 4 is 17.5 Å². The molecule has 3 aromatic heterocycles. The Morgan fingerprint density at radius 1 is 1.09 bits per heavy atom. The fourth-order valence-corrected chi connectivity index (χ4v) is 5.77. The van der Waals surface area contributed by atoms with Gasteiger partial charge in [0.1, 0.15) is 12.4 Å². The van der Waals surface area contributed by atoms with E-state index in [4.69, 9.17) is 10.5 Å².